The third-order valence-electron chi connectivity index (χ3n) is 4.24. The van der Waals surface area contributed by atoms with E-state index in [1.54, 1.807) is 0 Å². The molecular formula is C17H29N3O. The molecule has 1 aromatic rings. The number of aromatic nitrogens is 1. The van der Waals surface area contributed by atoms with E-state index in [-0.39, 0.29) is 5.56 Å². The molecule has 0 fully saturated rings. The minimum absolute atomic E-state index is 0.0971. The van der Waals surface area contributed by atoms with E-state index in [1.165, 1.54) is 11.3 Å². The highest BCUT2D eigenvalue weighted by atomic mass is 16.1. The van der Waals surface area contributed by atoms with Gasteiger partial charge in [0.1, 0.15) is 0 Å². The highest BCUT2D eigenvalue weighted by Crippen LogP contribution is 2.23. The number of pyridine rings is 1. The number of rotatable bonds is 4. The Balaban J connectivity index is 2.60. The first-order valence-electron chi connectivity index (χ1n) is 8.01. The molecule has 21 heavy (non-hydrogen) atoms. The van der Waals surface area contributed by atoms with Gasteiger partial charge in [-0.3, -0.25) is 9.69 Å². The number of likely N-dealkylation sites (N-methyl/N-ethyl adjacent to an activating group) is 1. The monoisotopic (exact) mass is 291 g/mol. The number of fused-ring (bicyclic) bond motifs is 1. The maximum atomic E-state index is 12.8. The van der Waals surface area contributed by atoms with Gasteiger partial charge in [0, 0.05) is 42.9 Å². The molecule has 1 aliphatic heterocycles. The second-order valence-corrected chi connectivity index (χ2v) is 7.18. The van der Waals surface area contributed by atoms with Gasteiger partial charge in [-0.25, -0.2) is 0 Å². The fraction of sp³-hybridized carbons (Fsp3) is 0.706. The van der Waals surface area contributed by atoms with Crippen LogP contribution in [0.15, 0.2) is 10.9 Å². The lowest BCUT2D eigenvalue weighted by molar-refractivity contribution is 0.259. The van der Waals surface area contributed by atoms with Gasteiger partial charge in [-0.05, 0) is 37.9 Å². The summed E-state index contributed by atoms with van der Waals surface area (Å²) in [5, 5.41) is 0. The molecule has 2 N–H and O–H groups in total. The number of hydrogen-bond acceptors (Lipinski definition) is 3. The molecule has 0 radical (unpaired) electrons. The van der Waals surface area contributed by atoms with Crippen molar-refractivity contribution in [2.45, 2.75) is 59.7 Å². The quantitative estimate of drug-likeness (QED) is 0.924. The smallest absolute Gasteiger partial charge is 0.255 e. The standard InChI is InChI=1S/C17H29N3O/c1-6-19-8-7-15-13(11-19)9-14(17(4,5)18)16(21)20(15)10-12(2)3/h9,12H,6-8,10-11,18H2,1-5H3. The van der Waals surface area contributed by atoms with Gasteiger partial charge in [-0.2, -0.15) is 0 Å². The highest BCUT2D eigenvalue weighted by Gasteiger charge is 2.26. The maximum Gasteiger partial charge on any atom is 0.255 e. The lowest BCUT2D eigenvalue weighted by atomic mass is 9.92. The van der Waals surface area contributed by atoms with Crippen LogP contribution in [0.1, 0.15) is 51.4 Å². The van der Waals surface area contributed by atoms with Crippen LogP contribution in [0.25, 0.3) is 0 Å². The van der Waals surface area contributed by atoms with Gasteiger partial charge in [-0.1, -0.05) is 20.8 Å². The van der Waals surface area contributed by atoms with Gasteiger partial charge in [0.05, 0.1) is 0 Å². The van der Waals surface area contributed by atoms with Crippen molar-refractivity contribution in [3.8, 4) is 0 Å². The molecule has 0 saturated heterocycles. The van der Waals surface area contributed by atoms with Crippen LogP contribution < -0.4 is 11.3 Å². The first-order chi connectivity index (χ1) is 9.74. The zero-order valence-electron chi connectivity index (χ0n) is 14.1. The molecule has 0 saturated carbocycles. The SMILES string of the molecule is CCN1CCc2c(cc(C(C)(C)N)c(=O)n2CC(C)C)C1. The molecule has 1 aliphatic rings. The van der Waals surface area contributed by atoms with Crippen LogP contribution in [-0.2, 0) is 25.0 Å². The lowest BCUT2D eigenvalue weighted by Crippen LogP contribution is -2.42. The van der Waals surface area contributed by atoms with E-state index >= 15 is 0 Å². The Bertz CT molecular complexity index is 567. The Kier molecular flexibility index (Phi) is 4.59. The number of nitrogens with zero attached hydrogens (tertiary/aromatic N) is 2. The molecule has 0 aromatic carbocycles. The van der Waals surface area contributed by atoms with Crippen molar-refractivity contribution in [3.63, 3.8) is 0 Å². The Labute approximate surface area is 127 Å². The average molecular weight is 291 g/mol. The number of hydrogen-bond donors (Lipinski definition) is 1. The number of nitrogens with two attached hydrogens (primary N) is 1. The second kappa shape index (κ2) is 5.93. The summed E-state index contributed by atoms with van der Waals surface area (Å²) in [7, 11) is 0. The summed E-state index contributed by atoms with van der Waals surface area (Å²) in [5.74, 6) is 0.451. The van der Waals surface area contributed by atoms with Gasteiger partial charge in [0.15, 0.2) is 0 Å². The Hall–Kier alpha value is -1.13. The van der Waals surface area contributed by atoms with Crippen LogP contribution in [0, 0.1) is 5.92 Å². The summed E-state index contributed by atoms with van der Waals surface area (Å²) < 4.78 is 1.98. The molecule has 0 unspecified atom stereocenters. The summed E-state index contributed by atoms with van der Waals surface area (Å²) in [6.45, 7) is 14.1. The second-order valence-electron chi connectivity index (χ2n) is 7.18. The van der Waals surface area contributed by atoms with Crippen LogP contribution in [0.3, 0.4) is 0 Å². The summed E-state index contributed by atoms with van der Waals surface area (Å²) in [4.78, 5) is 15.3. The fourth-order valence-corrected chi connectivity index (χ4v) is 3.07. The van der Waals surface area contributed by atoms with E-state index in [0.29, 0.717) is 5.92 Å². The van der Waals surface area contributed by atoms with Crippen molar-refractivity contribution < 1.29 is 0 Å². The van der Waals surface area contributed by atoms with E-state index in [1.807, 2.05) is 18.4 Å². The van der Waals surface area contributed by atoms with E-state index in [0.717, 1.165) is 38.2 Å². The molecule has 4 nitrogen and oxygen atoms in total. The van der Waals surface area contributed by atoms with Gasteiger partial charge in [-0.15, -0.1) is 0 Å². The molecule has 0 bridgehead atoms. The zero-order chi connectivity index (χ0) is 15.8. The van der Waals surface area contributed by atoms with Crippen LogP contribution >= 0.6 is 0 Å². The largest absolute Gasteiger partial charge is 0.322 e. The van der Waals surface area contributed by atoms with Crippen LogP contribution in [0.5, 0.6) is 0 Å². The molecule has 0 spiro atoms. The van der Waals surface area contributed by atoms with Crippen molar-refractivity contribution in [2.24, 2.45) is 11.7 Å². The van der Waals surface area contributed by atoms with Crippen molar-refractivity contribution >= 4 is 0 Å². The van der Waals surface area contributed by atoms with Crippen molar-refractivity contribution in [3.05, 3.63) is 33.2 Å². The van der Waals surface area contributed by atoms with Gasteiger partial charge >= 0.3 is 0 Å². The molecule has 0 amide bonds. The Morgan fingerprint density at radius 3 is 2.57 bits per heavy atom. The van der Waals surface area contributed by atoms with E-state index < -0.39 is 5.54 Å². The van der Waals surface area contributed by atoms with Crippen molar-refractivity contribution in [1.82, 2.24) is 9.47 Å². The topological polar surface area (TPSA) is 51.3 Å². The van der Waals surface area contributed by atoms with Gasteiger partial charge < -0.3 is 10.3 Å². The van der Waals surface area contributed by atoms with E-state index in [2.05, 4.69) is 31.7 Å². The fourth-order valence-electron chi connectivity index (χ4n) is 3.07. The molecule has 1 aromatic heterocycles. The van der Waals surface area contributed by atoms with Gasteiger partial charge in [0.25, 0.3) is 5.56 Å². The third-order valence-corrected chi connectivity index (χ3v) is 4.24. The van der Waals surface area contributed by atoms with Crippen molar-refractivity contribution in [2.75, 3.05) is 13.1 Å². The molecule has 0 atom stereocenters. The van der Waals surface area contributed by atoms with E-state index in [9.17, 15) is 4.79 Å². The normalized spacial score (nSPS) is 16.3. The maximum absolute atomic E-state index is 12.8. The molecule has 2 heterocycles. The molecule has 2 rings (SSSR count). The Morgan fingerprint density at radius 1 is 1.38 bits per heavy atom. The molecule has 118 valence electrons. The summed E-state index contributed by atoms with van der Waals surface area (Å²) >= 11 is 0. The van der Waals surface area contributed by atoms with Gasteiger partial charge in [0.2, 0.25) is 0 Å². The minimum Gasteiger partial charge on any atom is -0.322 e. The zero-order valence-corrected chi connectivity index (χ0v) is 14.1. The predicted octanol–water partition coefficient (Wildman–Crippen LogP) is 2.08. The molecule has 4 heteroatoms. The first kappa shape index (κ1) is 16.2. The summed E-state index contributed by atoms with van der Waals surface area (Å²) in [5.41, 5.74) is 8.96. The van der Waals surface area contributed by atoms with Crippen LogP contribution in [0.4, 0.5) is 0 Å². The van der Waals surface area contributed by atoms with Crippen molar-refractivity contribution in [1.29, 1.82) is 0 Å². The minimum atomic E-state index is -0.598. The molecular weight excluding hydrogens is 262 g/mol. The average Bonchev–Trinajstić information content (AvgIpc) is 2.39. The van der Waals surface area contributed by atoms with Crippen LogP contribution in [-0.4, -0.2) is 22.6 Å². The van der Waals surface area contributed by atoms with E-state index in [4.69, 9.17) is 5.73 Å². The first-order valence-corrected chi connectivity index (χ1v) is 8.01. The summed E-state index contributed by atoms with van der Waals surface area (Å²) in [6, 6.07) is 2.05. The third kappa shape index (κ3) is 3.38. The predicted molar refractivity (Wildman–Crippen MR) is 87.4 cm³/mol. The molecule has 0 aliphatic carbocycles. The highest BCUT2D eigenvalue weighted by molar-refractivity contribution is 5.32. The summed E-state index contributed by atoms with van der Waals surface area (Å²) in [6.07, 6.45) is 0.955. The lowest BCUT2D eigenvalue weighted by Gasteiger charge is -2.32. The Morgan fingerprint density at radius 2 is 2.05 bits per heavy atom. The van der Waals surface area contributed by atoms with Crippen LogP contribution in [0.2, 0.25) is 0 Å².